The number of aryl methyl sites for hydroxylation is 1. The number of hydrogen-bond donors (Lipinski definition) is 2. The molecule has 9 heteroatoms. The number of benzene rings is 2. The summed E-state index contributed by atoms with van der Waals surface area (Å²) in [6, 6.07) is 14.3. The third-order valence-electron chi connectivity index (χ3n) is 5.77. The molecule has 9 nitrogen and oxygen atoms in total. The number of morpholine rings is 1. The number of aromatic nitrogens is 6. The molecule has 2 N–H and O–H groups in total. The van der Waals surface area contributed by atoms with Crippen molar-refractivity contribution >= 4 is 39.3 Å². The lowest BCUT2D eigenvalue weighted by Crippen LogP contribution is -2.37. The fourth-order valence-corrected chi connectivity index (χ4v) is 4.02. The predicted molar refractivity (Wildman–Crippen MR) is 124 cm³/mol. The molecule has 1 saturated heterocycles. The molecule has 1 aliphatic heterocycles. The third-order valence-corrected chi connectivity index (χ3v) is 5.77. The van der Waals surface area contributed by atoms with E-state index in [0.717, 1.165) is 57.7 Å². The Hall–Kier alpha value is -3.98. The predicted octanol–water partition coefficient (Wildman–Crippen LogP) is 3.49. The molecule has 6 rings (SSSR count). The summed E-state index contributed by atoms with van der Waals surface area (Å²) >= 11 is 0. The number of hydrogen-bond acceptors (Lipinski definition) is 7. The summed E-state index contributed by atoms with van der Waals surface area (Å²) < 4.78 is 7.39. The van der Waals surface area contributed by atoms with Crippen molar-refractivity contribution in [1.82, 2.24) is 29.9 Å². The number of fused-ring (bicyclic) bond motifs is 2. The molecule has 0 aliphatic carbocycles. The van der Waals surface area contributed by atoms with Crippen LogP contribution in [0.15, 0.2) is 54.9 Å². The molecule has 4 heterocycles. The topological polar surface area (TPSA) is 96.8 Å². The first-order chi connectivity index (χ1) is 15.7. The minimum absolute atomic E-state index is 0.674. The number of rotatable bonds is 4. The monoisotopic (exact) mass is 426 g/mol. The van der Waals surface area contributed by atoms with Crippen LogP contribution >= 0.6 is 0 Å². The average molecular weight is 426 g/mol. The molecule has 0 amide bonds. The van der Waals surface area contributed by atoms with Gasteiger partial charge in [0.1, 0.15) is 5.82 Å². The van der Waals surface area contributed by atoms with Crippen molar-refractivity contribution in [3.63, 3.8) is 0 Å². The van der Waals surface area contributed by atoms with Crippen LogP contribution in [0.1, 0.15) is 0 Å². The Morgan fingerprint density at radius 2 is 1.84 bits per heavy atom. The van der Waals surface area contributed by atoms with Gasteiger partial charge in [-0.2, -0.15) is 15.2 Å². The van der Waals surface area contributed by atoms with Crippen molar-refractivity contribution in [3.8, 4) is 11.3 Å². The maximum absolute atomic E-state index is 5.52. The van der Waals surface area contributed by atoms with Gasteiger partial charge in [-0.15, -0.1) is 0 Å². The zero-order valence-corrected chi connectivity index (χ0v) is 17.6. The average Bonchev–Trinajstić information content (AvgIpc) is 3.45. The number of H-pyrrole nitrogens is 1. The van der Waals surface area contributed by atoms with Crippen LogP contribution in [0.3, 0.4) is 0 Å². The van der Waals surface area contributed by atoms with E-state index in [2.05, 4.69) is 43.7 Å². The van der Waals surface area contributed by atoms with Crippen LogP contribution in [0.25, 0.3) is 33.1 Å². The van der Waals surface area contributed by atoms with Crippen molar-refractivity contribution in [2.75, 3.05) is 36.5 Å². The first kappa shape index (κ1) is 18.8. The fourth-order valence-electron chi connectivity index (χ4n) is 4.02. The zero-order chi connectivity index (χ0) is 21.5. The van der Waals surface area contributed by atoms with Crippen LogP contribution < -0.4 is 10.2 Å². The van der Waals surface area contributed by atoms with Gasteiger partial charge in [0.25, 0.3) is 0 Å². The standard InChI is InChI=1S/C23H22N8O/c1-30-21-10-15(2-3-17(21)14-25-30)19-12-22(28-23(27-19)31-6-8-32-9-7-31)26-18-5-4-16-13-24-29-20(16)11-18/h2-5,10-14H,6-9H2,1H3,(H,24,29)(H,26,27,28). The van der Waals surface area contributed by atoms with Gasteiger partial charge in [0.15, 0.2) is 0 Å². The second-order valence-electron chi connectivity index (χ2n) is 7.88. The molecule has 2 aromatic carbocycles. The molecule has 1 aliphatic rings. The summed E-state index contributed by atoms with van der Waals surface area (Å²) in [5.74, 6) is 1.43. The Morgan fingerprint density at radius 1 is 0.969 bits per heavy atom. The second-order valence-corrected chi connectivity index (χ2v) is 7.88. The molecule has 0 unspecified atom stereocenters. The van der Waals surface area contributed by atoms with Crippen LogP contribution in [-0.2, 0) is 11.8 Å². The van der Waals surface area contributed by atoms with E-state index in [-0.39, 0.29) is 0 Å². The first-order valence-corrected chi connectivity index (χ1v) is 10.6. The quantitative estimate of drug-likeness (QED) is 0.454. The molecule has 160 valence electrons. The first-order valence-electron chi connectivity index (χ1n) is 10.6. The van der Waals surface area contributed by atoms with Gasteiger partial charge in [0.2, 0.25) is 5.95 Å². The summed E-state index contributed by atoms with van der Waals surface area (Å²) in [5.41, 5.74) is 4.84. The highest BCUT2D eigenvalue weighted by atomic mass is 16.5. The van der Waals surface area contributed by atoms with Gasteiger partial charge in [-0.3, -0.25) is 9.78 Å². The van der Waals surface area contributed by atoms with Gasteiger partial charge in [0, 0.05) is 48.2 Å². The van der Waals surface area contributed by atoms with E-state index in [1.54, 1.807) is 0 Å². The normalized spacial score (nSPS) is 14.3. The second kappa shape index (κ2) is 7.61. The minimum Gasteiger partial charge on any atom is -0.378 e. The van der Waals surface area contributed by atoms with Crippen molar-refractivity contribution in [1.29, 1.82) is 0 Å². The van der Waals surface area contributed by atoms with E-state index in [1.807, 2.05) is 48.4 Å². The summed E-state index contributed by atoms with van der Waals surface area (Å²) in [7, 11) is 1.95. The number of nitrogens with zero attached hydrogens (tertiary/aromatic N) is 6. The molecule has 0 bridgehead atoms. The molecule has 5 aromatic rings. The van der Waals surface area contributed by atoms with Crippen molar-refractivity contribution in [3.05, 3.63) is 54.9 Å². The Bertz CT molecular complexity index is 1420. The Kier molecular flexibility index (Phi) is 4.46. The maximum Gasteiger partial charge on any atom is 0.228 e. The number of nitrogens with one attached hydrogen (secondary N) is 2. The van der Waals surface area contributed by atoms with Gasteiger partial charge >= 0.3 is 0 Å². The van der Waals surface area contributed by atoms with Gasteiger partial charge in [-0.1, -0.05) is 12.1 Å². The van der Waals surface area contributed by atoms with E-state index in [4.69, 9.17) is 14.7 Å². The van der Waals surface area contributed by atoms with E-state index in [9.17, 15) is 0 Å². The lowest BCUT2D eigenvalue weighted by atomic mass is 10.1. The molecule has 0 radical (unpaired) electrons. The molecule has 0 saturated carbocycles. The summed E-state index contributed by atoms with van der Waals surface area (Å²) in [6.45, 7) is 2.88. The van der Waals surface area contributed by atoms with E-state index < -0.39 is 0 Å². The van der Waals surface area contributed by atoms with Crippen molar-refractivity contribution < 1.29 is 4.74 Å². The summed E-state index contributed by atoms with van der Waals surface area (Å²) in [5, 5.41) is 17.1. The highest BCUT2D eigenvalue weighted by Gasteiger charge is 2.17. The molecule has 0 spiro atoms. The highest BCUT2D eigenvalue weighted by Crippen LogP contribution is 2.28. The Labute approximate surface area is 184 Å². The van der Waals surface area contributed by atoms with Crippen molar-refractivity contribution in [2.24, 2.45) is 7.05 Å². The smallest absolute Gasteiger partial charge is 0.228 e. The zero-order valence-electron chi connectivity index (χ0n) is 17.6. The SMILES string of the molecule is Cn1ncc2ccc(-c3cc(Nc4ccc5cn[nH]c5c4)nc(N4CCOCC4)n3)cc21. The van der Waals surface area contributed by atoms with Crippen LogP contribution in [-0.4, -0.2) is 56.2 Å². The van der Waals surface area contributed by atoms with Crippen molar-refractivity contribution in [2.45, 2.75) is 0 Å². The van der Waals surface area contributed by atoms with E-state index >= 15 is 0 Å². The fraction of sp³-hybridized carbons (Fsp3) is 0.217. The van der Waals surface area contributed by atoms with E-state index in [0.29, 0.717) is 19.2 Å². The Morgan fingerprint density at radius 3 is 2.75 bits per heavy atom. The number of aromatic amines is 1. The van der Waals surface area contributed by atoms with Crippen LogP contribution in [0.4, 0.5) is 17.5 Å². The summed E-state index contributed by atoms with van der Waals surface area (Å²) in [6.07, 6.45) is 3.68. The largest absolute Gasteiger partial charge is 0.378 e. The minimum atomic E-state index is 0.674. The van der Waals surface area contributed by atoms with Gasteiger partial charge in [-0.25, -0.2) is 4.98 Å². The molecule has 1 fully saturated rings. The molecular formula is C23H22N8O. The summed E-state index contributed by atoms with van der Waals surface area (Å²) in [4.78, 5) is 11.9. The number of ether oxygens (including phenoxy) is 1. The van der Waals surface area contributed by atoms with Gasteiger partial charge in [0.05, 0.1) is 42.3 Å². The molecule has 3 aromatic heterocycles. The lowest BCUT2D eigenvalue weighted by Gasteiger charge is -2.27. The van der Waals surface area contributed by atoms with Crippen LogP contribution in [0.2, 0.25) is 0 Å². The lowest BCUT2D eigenvalue weighted by molar-refractivity contribution is 0.122. The van der Waals surface area contributed by atoms with Gasteiger partial charge < -0.3 is 15.0 Å². The molecular weight excluding hydrogens is 404 g/mol. The Balaban J connectivity index is 1.43. The van der Waals surface area contributed by atoms with Crippen LogP contribution in [0, 0.1) is 0 Å². The molecule has 0 atom stereocenters. The highest BCUT2D eigenvalue weighted by molar-refractivity contribution is 5.85. The van der Waals surface area contributed by atoms with Crippen LogP contribution in [0.5, 0.6) is 0 Å². The third kappa shape index (κ3) is 3.42. The maximum atomic E-state index is 5.52. The molecule has 32 heavy (non-hydrogen) atoms. The number of anilines is 3. The van der Waals surface area contributed by atoms with E-state index in [1.165, 1.54) is 0 Å². The van der Waals surface area contributed by atoms with Gasteiger partial charge in [-0.05, 0) is 24.3 Å².